The monoisotopic (exact) mass is 383 g/mol. The summed E-state index contributed by atoms with van der Waals surface area (Å²) in [5.74, 6) is 1.44. The van der Waals surface area contributed by atoms with Crippen LogP contribution in [0.1, 0.15) is 5.56 Å². The maximum atomic E-state index is 12.3. The van der Waals surface area contributed by atoms with Crippen molar-refractivity contribution in [1.82, 2.24) is 4.90 Å². The first kappa shape index (κ1) is 19.2. The van der Waals surface area contributed by atoms with E-state index < -0.39 is 0 Å². The molecule has 0 aliphatic rings. The number of carbonyl (C=O) groups is 1. The fraction of sp³-hybridized carbons (Fsp3) is 0.278. The molecule has 0 fully saturated rings. The Morgan fingerprint density at radius 2 is 1.72 bits per heavy atom. The highest BCUT2D eigenvalue weighted by molar-refractivity contribution is 6.34. The SMILES string of the molecule is COc1ccc(CN(C)C(=O)COc2cc(Cl)ccc2Cl)cc1OC. The molecule has 0 spiro atoms. The van der Waals surface area contributed by atoms with Crippen molar-refractivity contribution in [3.8, 4) is 17.2 Å². The number of nitrogens with zero attached hydrogens (tertiary/aromatic N) is 1. The Labute approximate surface area is 157 Å². The molecular weight excluding hydrogens is 365 g/mol. The van der Waals surface area contributed by atoms with Crippen molar-refractivity contribution in [2.45, 2.75) is 6.54 Å². The molecule has 2 aromatic carbocycles. The highest BCUT2D eigenvalue weighted by Crippen LogP contribution is 2.29. The number of methoxy groups -OCH3 is 2. The smallest absolute Gasteiger partial charge is 0.260 e. The summed E-state index contributed by atoms with van der Waals surface area (Å²) in [5.41, 5.74) is 0.911. The van der Waals surface area contributed by atoms with E-state index in [0.29, 0.717) is 33.8 Å². The van der Waals surface area contributed by atoms with E-state index in [2.05, 4.69) is 0 Å². The summed E-state index contributed by atoms with van der Waals surface area (Å²) in [6.45, 7) is 0.273. The molecule has 134 valence electrons. The second-order valence-electron chi connectivity index (χ2n) is 5.30. The summed E-state index contributed by atoms with van der Waals surface area (Å²) in [4.78, 5) is 13.8. The van der Waals surface area contributed by atoms with Crippen molar-refractivity contribution in [2.75, 3.05) is 27.9 Å². The number of ether oxygens (including phenoxy) is 3. The molecule has 0 heterocycles. The molecule has 0 aromatic heterocycles. The van der Waals surface area contributed by atoms with Gasteiger partial charge in [-0.25, -0.2) is 0 Å². The first-order valence-electron chi connectivity index (χ1n) is 7.47. The van der Waals surface area contributed by atoms with Gasteiger partial charge in [0, 0.05) is 24.7 Å². The van der Waals surface area contributed by atoms with E-state index >= 15 is 0 Å². The highest BCUT2D eigenvalue weighted by atomic mass is 35.5. The van der Waals surface area contributed by atoms with E-state index in [1.165, 1.54) is 0 Å². The van der Waals surface area contributed by atoms with Gasteiger partial charge in [0.15, 0.2) is 18.1 Å². The highest BCUT2D eigenvalue weighted by Gasteiger charge is 2.13. The first-order valence-corrected chi connectivity index (χ1v) is 8.23. The number of benzene rings is 2. The third kappa shape index (κ3) is 5.18. The molecule has 2 rings (SSSR count). The van der Waals surface area contributed by atoms with Crippen molar-refractivity contribution in [1.29, 1.82) is 0 Å². The lowest BCUT2D eigenvalue weighted by Gasteiger charge is -2.19. The Morgan fingerprint density at radius 1 is 1.00 bits per heavy atom. The molecule has 0 radical (unpaired) electrons. The van der Waals surface area contributed by atoms with Gasteiger partial charge in [-0.05, 0) is 29.8 Å². The van der Waals surface area contributed by atoms with E-state index in [0.717, 1.165) is 5.56 Å². The Hall–Kier alpha value is -2.11. The van der Waals surface area contributed by atoms with Gasteiger partial charge in [0.05, 0.1) is 19.2 Å². The number of rotatable bonds is 7. The number of hydrogen-bond donors (Lipinski definition) is 0. The zero-order chi connectivity index (χ0) is 18.4. The maximum Gasteiger partial charge on any atom is 0.260 e. The zero-order valence-corrected chi connectivity index (χ0v) is 15.7. The third-order valence-corrected chi connectivity index (χ3v) is 4.09. The lowest BCUT2D eigenvalue weighted by molar-refractivity contribution is -0.132. The average Bonchev–Trinajstić information content (AvgIpc) is 2.61. The van der Waals surface area contributed by atoms with Gasteiger partial charge in [0.2, 0.25) is 0 Å². The minimum atomic E-state index is -0.189. The van der Waals surface area contributed by atoms with Crippen molar-refractivity contribution in [3.63, 3.8) is 0 Å². The Kier molecular flexibility index (Phi) is 6.79. The molecule has 5 nitrogen and oxygen atoms in total. The predicted octanol–water partition coefficient (Wildman–Crippen LogP) is 4.05. The molecule has 7 heteroatoms. The van der Waals surface area contributed by atoms with Gasteiger partial charge in [0.1, 0.15) is 5.75 Å². The number of hydrogen-bond acceptors (Lipinski definition) is 4. The molecule has 25 heavy (non-hydrogen) atoms. The molecule has 0 N–H and O–H groups in total. The molecule has 1 amide bonds. The summed E-state index contributed by atoms with van der Waals surface area (Å²) >= 11 is 11.9. The summed E-state index contributed by atoms with van der Waals surface area (Å²) in [7, 11) is 4.84. The summed E-state index contributed by atoms with van der Waals surface area (Å²) in [5, 5.41) is 0.894. The molecule has 0 saturated carbocycles. The van der Waals surface area contributed by atoms with Crippen LogP contribution in [0, 0.1) is 0 Å². The maximum absolute atomic E-state index is 12.3. The van der Waals surface area contributed by atoms with Gasteiger partial charge in [-0.3, -0.25) is 4.79 Å². The second-order valence-corrected chi connectivity index (χ2v) is 6.15. The van der Waals surface area contributed by atoms with Crippen LogP contribution in [0.15, 0.2) is 36.4 Å². The van der Waals surface area contributed by atoms with Crippen LogP contribution in [0.25, 0.3) is 0 Å². The van der Waals surface area contributed by atoms with Gasteiger partial charge in [0.25, 0.3) is 5.91 Å². The van der Waals surface area contributed by atoms with E-state index in [-0.39, 0.29) is 12.5 Å². The Morgan fingerprint density at radius 3 is 2.40 bits per heavy atom. The van der Waals surface area contributed by atoms with Crippen molar-refractivity contribution in [3.05, 3.63) is 52.0 Å². The Balaban J connectivity index is 1.97. The fourth-order valence-corrected chi connectivity index (χ4v) is 2.51. The van der Waals surface area contributed by atoms with Crippen LogP contribution >= 0.6 is 23.2 Å². The van der Waals surface area contributed by atoms with Crippen LogP contribution in [0.4, 0.5) is 0 Å². The fourth-order valence-electron chi connectivity index (χ4n) is 2.18. The molecule has 0 bridgehead atoms. The lowest BCUT2D eigenvalue weighted by atomic mass is 10.2. The van der Waals surface area contributed by atoms with Crippen molar-refractivity contribution >= 4 is 29.1 Å². The largest absolute Gasteiger partial charge is 0.493 e. The molecule has 0 atom stereocenters. The van der Waals surface area contributed by atoms with E-state index in [4.69, 9.17) is 37.4 Å². The van der Waals surface area contributed by atoms with Crippen LogP contribution in [0.2, 0.25) is 10.0 Å². The van der Waals surface area contributed by atoms with Crippen LogP contribution in [0.3, 0.4) is 0 Å². The van der Waals surface area contributed by atoms with Gasteiger partial charge in [-0.1, -0.05) is 29.3 Å². The van der Waals surface area contributed by atoms with E-state index in [1.807, 2.05) is 12.1 Å². The molecule has 0 aliphatic heterocycles. The van der Waals surface area contributed by atoms with E-state index in [1.54, 1.807) is 50.4 Å². The molecule has 2 aromatic rings. The normalized spacial score (nSPS) is 10.3. The van der Waals surface area contributed by atoms with Gasteiger partial charge >= 0.3 is 0 Å². The molecule has 0 unspecified atom stereocenters. The quantitative estimate of drug-likeness (QED) is 0.723. The van der Waals surface area contributed by atoms with Gasteiger partial charge in [-0.15, -0.1) is 0 Å². The van der Waals surface area contributed by atoms with Gasteiger partial charge in [-0.2, -0.15) is 0 Å². The number of carbonyl (C=O) groups excluding carboxylic acids is 1. The molecular formula is C18H19Cl2NO4. The summed E-state index contributed by atoms with van der Waals surface area (Å²) in [6, 6.07) is 10.4. The number of halogens is 2. The molecule has 0 aliphatic carbocycles. The van der Waals surface area contributed by atoms with E-state index in [9.17, 15) is 4.79 Å². The summed E-state index contributed by atoms with van der Waals surface area (Å²) in [6.07, 6.45) is 0. The molecule has 0 saturated heterocycles. The first-order chi connectivity index (χ1) is 11.9. The zero-order valence-electron chi connectivity index (χ0n) is 14.2. The second kappa shape index (κ2) is 8.83. The Bertz CT molecular complexity index is 752. The van der Waals surface area contributed by atoms with Gasteiger partial charge < -0.3 is 19.1 Å². The lowest BCUT2D eigenvalue weighted by Crippen LogP contribution is -2.31. The average molecular weight is 384 g/mol. The summed E-state index contributed by atoms with van der Waals surface area (Å²) < 4.78 is 15.9. The van der Waals surface area contributed by atoms with Crippen molar-refractivity contribution < 1.29 is 19.0 Å². The minimum absolute atomic E-state index is 0.135. The third-order valence-electron chi connectivity index (χ3n) is 3.54. The number of likely N-dealkylation sites (N-methyl/N-ethyl adjacent to an activating group) is 1. The topological polar surface area (TPSA) is 48.0 Å². The van der Waals surface area contributed by atoms with Crippen LogP contribution in [-0.4, -0.2) is 38.7 Å². The van der Waals surface area contributed by atoms with Crippen LogP contribution < -0.4 is 14.2 Å². The predicted molar refractivity (Wildman–Crippen MR) is 98.0 cm³/mol. The minimum Gasteiger partial charge on any atom is -0.493 e. The van der Waals surface area contributed by atoms with Crippen LogP contribution in [-0.2, 0) is 11.3 Å². The standard InChI is InChI=1S/C18H19Cl2NO4/c1-21(10-12-4-7-15(23-2)17(8-12)24-3)18(22)11-25-16-9-13(19)5-6-14(16)20/h4-9H,10-11H2,1-3H3. The number of amides is 1. The van der Waals surface area contributed by atoms with Crippen LogP contribution in [0.5, 0.6) is 17.2 Å². The van der Waals surface area contributed by atoms with Crippen molar-refractivity contribution in [2.24, 2.45) is 0 Å².